The molecular formula is C11H12N2OS. The fraction of sp³-hybridized carbons (Fsp3) is 0.455. The molecule has 0 spiro atoms. The molecule has 0 aliphatic carbocycles. The van der Waals surface area contributed by atoms with E-state index in [9.17, 15) is 4.79 Å². The van der Waals surface area contributed by atoms with Crippen molar-refractivity contribution in [3.05, 3.63) is 22.4 Å². The van der Waals surface area contributed by atoms with E-state index in [0.29, 0.717) is 6.54 Å². The summed E-state index contributed by atoms with van der Waals surface area (Å²) >= 11 is 1.53. The maximum atomic E-state index is 11.9. The first-order chi connectivity index (χ1) is 7.31. The highest BCUT2D eigenvalue weighted by Gasteiger charge is 2.24. The van der Waals surface area contributed by atoms with Gasteiger partial charge in [0, 0.05) is 18.5 Å². The van der Waals surface area contributed by atoms with Crippen LogP contribution in [0.1, 0.15) is 23.2 Å². The van der Waals surface area contributed by atoms with Crippen LogP contribution in [-0.4, -0.2) is 23.9 Å². The van der Waals surface area contributed by atoms with Crippen LogP contribution in [0.4, 0.5) is 0 Å². The molecule has 1 aromatic heterocycles. The Morgan fingerprint density at radius 1 is 1.67 bits per heavy atom. The second-order valence-corrected chi connectivity index (χ2v) is 4.51. The third-order valence-electron chi connectivity index (χ3n) is 2.66. The van der Waals surface area contributed by atoms with Crippen LogP contribution >= 0.6 is 11.3 Å². The van der Waals surface area contributed by atoms with Gasteiger partial charge in [-0.25, -0.2) is 0 Å². The lowest BCUT2D eigenvalue weighted by Crippen LogP contribution is -2.39. The Hall–Kier alpha value is -1.34. The SMILES string of the molecule is N#CC1CCCN(C(=O)c2ccsc2)C1. The number of piperidine rings is 1. The summed E-state index contributed by atoms with van der Waals surface area (Å²) in [5.41, 5.74) is 0.749. The van der Waals surface area contributed by atoms with Crippen LogP contribution in [0.3, 0.4) is 0 Å². The largest absolute Gasteiger partial charge is 0.337 e. The van der Waals surface area contributed by atoms with E-state index >= 15 is 0 Å². The Bertz CT molecular complexity index is 380. The number of carbonyl (C=O) groups is 1. The van der Waals surface area contributed by atoms with Crippen molar-refractivity contribution in [2.45, 2.75) is 12.8 Å². The van der Waals surface area contributed by atoms with E-state index in [1.165, 1.54) is 11.3 Å². The van der Waals surface area contributed by atoms with Crippen molar-refractivity contribution < 1.29 is 4.79 Å². The molecule has 4 heteroatoms. The molecule has 1 atom stereocenters. The molecule has 1 saturated heterocycles. The zero-order valence-corrected chi connectivity index (χ0v) is 9.17. The number of nitrogens with zero attached hydrogens (tertiary/aromatic N) is 2. The molecule has 0 N–H and O–H groups in total. The number of amides is 1. The Kier molecular flexibility index (Phi) is 3.02. The molecule has 0 aromatic carbocycles. The number of carbonyl (C=O) groups excluding carboxylic acids is 1. The van der Waals surface area contributed by atoms with Crippen molar-refractivity contribution in [3.8, 4) is 6.07 Å². The average molecular weight is 220 g/mol. The molecular weight excluding hydrogens is 208 g/mol. The lowest BCUT2D eigenvalue weighted by molar-refractivity contribution is 0.0699. The number of rotatable bonds is 1. The van der Waals surface area contributed by atoms with Gasteiger partial charge in [0.2, 0.25) is 0 Å². The molecule has 0 bridgehead atoms. The molecule has 1 aliphatic rings. The zero-order valence-electron chi connectivity index (χ0n) is 8.35. The molecule has 1 amide bonds. The minimum atomic E-state index is 0.0151. The summed E-state index contributed by atoms with van der Waals surface area (Å²) in [5.74, 6) is 0.0811. The summed E-state index contributed by atoms with van der Waals surface area (Å²) < 4.78 is 0. The highest BCUT2D eigenvalue weighted by molar-refractivity contribution is 7.08. The van der Waals surface area contributed by atoms with Crippen molar-refractivity contribution in [3.63, 3.8) is 0 Å². The summed E-state index contributed by atoms with van der Waals surface area (Å²) in [6.07, 6.45) is 1.86. The van der Waals surface area contributed by atoms with Gasteiger partial charge in [0.05, 0.1) is 17.6 Å². The smallest absolute Gasteiger partial charge is 0.254 e. The number of hydrogen-bond acceptors (Lipinski definition) is 3. The Labute approximate surface area is 92.9 Å². The summed E-state index contributed by atoms with van der Waals surface area (Å²) in [6, 6.07) is 4.08. The first kappa shape index (κ1) is 10.2. The Morgan fingerprint density at radius 3 is 3.20 bits per heavy atom. The fourth-order valence-corrected chi connectivity index (χ4v) is 2.47. The number of hydrogen-bond donors (Lipinski definition) is 0. The summed E-state index contributed by atoms with van der Waals surface area (Å²) in [5, 5.41) is 12.6. The zero-order chi connectivity index (χ0) is 10.7. The topological polar surface area (TPSA) is 44.1 Å². The average Bonchev–Trinajstić information content (AvgIpc) is 2.81. The molecule has 1 aromatic rings. The quantitative estimate of drug-likeness (QED) is 0.727. The number of likely N-dealkylation sites (tertiary alicyclic amines) is 1. The summed E-state index contributed by atoms with van der Waals surface area (Å²) in [7, 11) is 0. The molecule has 2 rings (SSSR count). The predicted molar refractivity (Wildman–Crippen MR) is 58.6 cm³/mol. The van der Waals surface area contributed by atoms with E-state index in [4.69, 9.17) is 5.26 Å². The van der Waals surface area contributed by atoms with E-state index in [0.717, 1.165) is 24.9 Å². The molecule has 1 aliphatic heterocycles. The molecule has 1 unspecified atom stereocenters. The van der Waals surface area contributed by atoms with Gasteiger partial charge in [0.1, 0.15) is 0 Å². The monoisotopic (exact) mass is 220 g/mol. The van der Waals surface area contributed by atoms with E-state index < -0.39 is 0 Å². The highest BCUT2D eigenvalue weighted by Crippen LogP contribution is 2.18. The molecule has 3 nitrogen and oxygen atoms in total. The lowest BCUT2D eigenvalue weighted by Gasteiger charge is -2.29. The van der Waals surface area contributed by atoms with Crippen LogP contribution in [0.5, 0.6) is 0 Å². The van der Waals surface area contributed by atoms with Gasteiger partial charge in [-0.2, -0.15) is 16.6 Å². The van der Waals surface area contributed by atoms with Crippen LogP contribution in [0.25, 0.3) is 0 Å². The highest BCUT2D eigenvalue weighted by atomic mass is 32.1. The standard InChI is InChI=1S/C11H12N2OS/c12-6-9-2-1-4-13(7-9)11(14)10-3-5-15-8-10/h3,5,8-9H,1-2,4,7H2. The Balaban J connectivity index is 2.05. The van der Waals surface area contributed by atoms with Gasteiger partial charge >= 0.3 is 0 Å². The van der Waals surface area contributed by atoms with Crippen molar-refractivity contribution in [2.24, 2.45) is 5.92 Å². The van der Waals surface area contributed by atoms with E-state index in [1.54, 1.807) is 4.90 Å². The van der Waals surface area contributed by atoms with Crippen molar-refractivity contribution >= 4 is 17.2 Å². The molecule has 1 fully saturated rings. The van der Waals surface area contributed by atoms with E-state index in [-0.39, 0.29) is 11.8 Å². The third-order valence-corrected chi connectivity index (χ3v) is 3.34. The minimum absolute atomic E-state index is 0.0151. The van der Waals surface area contributed by atoms with Gasteiger partial charge in [0.15, 0.2) is 0 Å². The number of nitriles is 1. The van der Waals surface area contributed by atoms with Gasteiger partial charge in [-0.05, 0) is 24.3 Å². The minimum Gasteiger partial charge on any atom is -0.337 e. The van der Waals surface area contributed by atoms with E-state index in [1.807, 2.05) is 16.8 Å². The van der Waals surface area contributed by atoms with Gasteiger partial charge < -0.3 is 4.90 Å². The summed E-state index contributed by atoms with van der Waals surface area (Å²) in [6.45, 7) is 1.37. The second kappa shape index (κ2) is 4.45. The van der Waals surface area contributed by atoms with Gasteiger partial charge in [0.25, 0.3) is 5.91 Å². The van der Waals surface area contributed by atoms with Crippen LogP contribution in [0.2, 0.25) is 0 Å². The van der Waals surface area contributed by atoms with Crippen LogP contribution in [0, 0.1) is 17.2 Å². The first-order valence-corrected chi connectivity index (χ1v) is 5.96. The van der Waals surface area contributed by atoms with Crippen LogP contribution in [0.15, 0.2) is 16.8 Å². The lowest BCUT2D eigenvalue weighted by atomic mass is 9.99. The molecule has 78 valence electrons. The maximum Gasteiger partial charge on any atom is 0.254 e. The normalized spacial score (nSPS) is 21.0. The van der Waals surface area contributed by atoms with Crippen molar-refractivity contribution in [1.29, 1.82) is 5.26 Å². The summed E-state index contributed by atoms with van der Waals surface area (Å²) in [4.78, 5) is 13.7. The molecule has 15 heavy (non-hydrogen) atoms. The van der Waals surface area contributed by atoms with Gasteiger partial charge in [-0.1, -0.05) is 0 Å². The van der Waals surface area contributed by atoms with Crippen molar-refractivity contribution in [2.75, 3.05) is 13.1 Å². The second-order valence-electron chi connectivity index (χ2n) is 3.73. The number of thiophene rings is 1. The Morgan fingerprint density at radius 2 is 2.53 bits per heavy atom. The first-order valence-electron chi connectivity index (χ1n) is 5.02. The van der Waals surface area contributed by atoms with Gasteiger partial charge in [-0.3, -0.25) is 4.79 Å². The third kappa shape index (κ3) is 2.18. The molecule has 0 radical (unpaired) electrons. The van der Waals surface area contributed by atoms with Gasteiger partial charge in [-0.15, -0.1) is 0 Å². The predicted octanol–water partition coefficient (Wildman–Crippen LogP) is 2.12. The maximum absolute atomic E-state index is 11.9. The fourth-order valence-electron chi connectivity index (χ4n) is 1.84. The molecule has 2 heterocycles. The van der Waals surface area contributed by atoms with Crippen LogP contribution < -0.4 is 0 Å². The van der Waals surface area contributed by atoms with E-state index in [2.05, 4.69) is 6.07 Å². The van der Waals surface area contributed by atoms with Crippen molar-refractivity contribution in [1.82, 2.24) is 4.90 Å². The van der Waals surface area contributed by atoms with Crippen LogP contribution in [-0.2, 0) is 0 Å². The molecule has 0 saturated carbocycles.